The second-order valence-corrected chi connectivity index (χ2v) is 7.67. The monoisotopic (exact) mass is 348 g/mol. The van der Waals surface area contributed by atoms with Gasteiger partial charge in [0.2, 0.25) is 0 Å². The van der Waals surface area contributed by atoms with Crippen LogP contribution >= 0.6 is 0 Å². The fourth-order valence-corrected chi connectivity index (χ4v) is 2.19. The first-order valence-corrected chi connectivity index (χ1v) is 8.44. The van der Waals surface area contributed by atoms with E-state index >= 15 is 0 Å². The van der Waals surface area contributed by atoms with Gasteiger partial charge in [0, 0.05) is 17.2 Å². The predicted molar refractivity (Wildman–Crippen MR) is 96.6 cm³/mol. The molecule has 0 saturated heterocycles. The Morgan fingerprint density at radius 2 is 1.40 bits per heavy atom. The molecular weight excluding hydrogens is 320 g/mol. The molecular formula is C19H28N2O4. The van der Waals surface area contributed by atoms with Crippen LogP contribution in [0.15, 0.2) is 24.3 Å². The number of hydrogen-bond acceptors (Lipinski definition) is 3. The van der Waals surface area contributed by atoms with Crippen LogP contribution in [0, 0.1) is 5.41 Å². The number of benzene rings is 1. The van der Waals surface area contributed by atoms with E-state index in [1.54, 1.807) is 12.1 Å². The van der Waals surface area contributed by atoms with E-state index in [1.807, 2.05) is 34.6 Å². The van der Waals surface area contributed by atoms with E-state index in [0.717, 1.165) is 0 Å². The molecule has 1 aromatic carbocycles. The van der Waals surface area contributed by atoms with Gasteiger partial charge in [-0.15, -0.1) is 0 Å². The Bertz CT molecular complexity index is 615. The Hall–Kier alpha value is -2.37. The molecule has 1 aromatic rings. The molecule has 25 heavy (non-hydrogen) atoms. The van der Waals surface area contributed by atoms with Gasteiger partial charge < -0.3 is 15.7 Å². The highest BCUT2D eigenvalue weighted by Gasteiger charge is 2.23. The van der Waals surface area contributed by atoms with Gasteiger partial charge in [-0.25, -0.2) is 4.79 Å². The molecule has 0 aromatic heterocycles. The zero-order chi connectivity index (χ0) is 19.2. The first-order valence-electron chi connectivity index (χ1n) is 8.44. The van der Waals surface area contributed by atoms with Gasteiger partial charge >= 0.3 is 5.97 Å². The first-order chi connectivity index (χ1) is 11.5. The molecule has 0 saturated carbocycles. The Labute approximate surface area is 149 Å². The SMILES string of the molecule is CC(C)NC(=O)c1ccc(C(=O)NC(CCC(C)(C)C)C(=O)O)cc1. The summed E-state index contributed by atoms with van der Waals surface area (Å²) in [6.45, 7) is 9.80. The van der Waals surface area contributed by atoms with E-state index in [4.69, 9.17) is 0 Å². The molecule has 6 heteroatoms. The van der Waals surface area contributed by atoms with Crippen LogP contribution in [0.4, 0.5) is 0 Å². The third-order valence-electron chi connectivity index (χ3n) is 3.62. The van der Waals surface area contributed by atoms with Crippen LogP contribution in [-0.4, -0.2) is 35.0 Å². The van der Waals surface area contributed by atoms with Crippen molar-refractivity contribution in [1.82, 2.24) is 10.6 Å². The van der Waals surface area contributed by atoms with Crippen LogP contribution in [0.3, 0.4) is 0 Å². The maximum atomic E-state index is 12.3. The number of carbonyl (C=O) groups excluding carboxylic acids is 2. The topological polar surface area (TPSA) is 95.5 Å². The minimum absolute atomic E-state index is 0.0101. The van der Waals surface area contributed by atoms with Crippen molar-refractivity contribution in [3.63, 3.8) is 0 Å². The van der Waals surface area contributed by atoms with Crippen LogP contribution in [0.1, 0.15) is 68.2 Å². The van der Waals surface area contributed by atoms with E-state index in [0.29, 0.717) is 24.0 Å². The van der Waals surface area contributed by atoms with Gasteiger partial charge in [-0.2, -0.15) is 0 Å². The molecule has 3 N–H and O–H groups in total. The van der Waals surface area contributed by atoms with Crippen molar-refractivity contribution in [3.8, 4) is 0 Å². The van der Waals surface area contributed by atoms with Crippen molar-refractivity contribution in [2.24, 2.45) is 5.41 Å². The van der Waals surface area contributed by atoms with Gasteiger partial charge in [-0.05, 0) is 56.4 Å². The number of carboxylic acids is 1. The standard InChI is InChI=1S/C19H28N2O4/c1-12(2)20-16(22)13-6-8-14(9-7-13)17(23)21-15(18(24)25)10-11-19(3,4)5/h6-9,12,15H,10-11H2,1-5H3,(H,20,22)(H,21,23)(H,24,25). The molecule has 1 atom stereocenters. The maximum Gasteiger partial charge on any atom is 0.326 e. The van der Waals surface area contributed by atoms with E-state index in [-0.39, 0.29) is 17.4 Å². The summed E-state index contributed by atoms with van der Waals surface area (Å²) in [5.41, 5.74) is 0.764. The van der Waals surface area contributed by atoms with Crippen LogP contribution in [0.25, 0.3) is 0 Å². The Morgan fingerprint density at radius 3 is 1.76 bits per heavy atom. The lowest BCUT2D eigenvalue weighted by Gasteiger charge is -2.21. The summed E-state index contributed by atoms with van der Waals surface area (Å²) in [5.74, 6) is -1.72. The highest BCUT2D eigenvalue weighted by molar-refractivity contribution is 5.99. The van der Waals surface area contributed by atoms with Gasteiger partial charge in [-0.3, -0.25) is 9.59 Å². The molecule has 2 amide bonds. The fraction of sp³-hybridized carbons (Fsp3) is 0.526. The smallest absolute Gasteiger partial charge is 0.326 e. The largest absolute Gasteiger partial charge is 0.480 e. The predicted octanol–water partition coefficient (Wildman–Crippen LogP) is 2.83. The number of amides is 2. The second-order valence-electron chi connectivity index (χ2n) is 7.67. The summed E-state index contributed by atoms with van der Waals surface area (Å²) >= 11 is 0. The van der Waals surface area contributed by atoms with E-state index in [1.165, 1.54) is 12.1 Å². The van der Waals surface area contributed by atoms with E-state index in [9.17, 15) is 19.5 Å². The summed E-state index contributed by atoms with van der Waals surface area (Å²) < 4.78 is 0. The number of carboxylic acid groups (broad SMARTS) is 1. The average Bonchev–Trinajstić information content (AvgIpc) is 2.49. The summed E-state index contributed by atoms with van der Waals surface area (Å²) in [5, 5.41) is 14.6. The van der Waals surface area contributed by atoms with Gasteiger partial charge in [0.1, 0.15) is 6.04 Å². The van der Waals surface area contributed by atoms with Crippen molar-refractivity contribution in [2.75, 3.05) is 0 Å². The molecule has 1 rings (SSSR count). The Kier molecular flexibility index (Phi) is 7.15. The molecule has 0 heterocycles. The summed E-state index contributed by atoms with van der Waals surface area (Å²) in [6, 6.07) is 5.24. The molecule has 0 aliphatic rings. The fourth-order valence-electron chi connectivity index (χ4n) is 2.19. The molecule has 0 aliphatic heterocycles. The molecule has 1 unspecified atom stereocenters. The zero-order valence-electron chi connectivity index (χ0n) is 15.6. The first kappa shape index (κ1) is 20.7. The molecule has 0 fully saturated rings. The van der Waals surface area contributed by atoms with Crippen molar-refractivity contribution in [3.05, 3.63) is 35.4 Å². The number of carbonyl (C=O) groups is 3. The van der Waals surface area contributed by atoms with E-state index in [2.05, 4.69) is 10.6 Å². The molecule has 0 aliphatic carbocycles. The number of aliphatic carboxylic acids is 1. The molecule has 0 spiro atoms. The van der Waals surface area contributed by atoms with Crippen molar-refractivity contribution >= 4 is 17.8 Å². The Balaban J connectivity index is 2.74. The highest BCUT2D eigenvalue weighted by atomic mass is 16.4. The summed E-state index contributed by atoms with van der Waals surface area (Å²) in [7, 11) is 0. The molecule has 138 valence electrons. The number of hydrogen-bond donors (Lipinski definition) is 3. The van der Waals surface area contributed by atoms with Crippen LogP contribution in [-0.2, 0) is 4.79 Å². The lowest BCUT2D eigenvalue weighted by atomic mass is 9.88. The van der Waals surface area contributed by atoms with Crippen molar-refractivity contribution < 1.29 is 19.5 Å². The quantitative estimate of drug-likeness (QED) is 0.706. The Morgan fingerprint density at radius 1 is 0.960 bits per heavy atom. The van der Waals surface area contributed by atoms with Crippen LogP contribution < -0.4 is 10.6 Å². The minimum Gasteiger partial charge on any atom is -0.480 e. The summed E-state index contributed by atoms with van der Waals surface area (Å²) in [6.07, 6.45) is 1.04. The third kappa shape index (κ3) is 7.37. The van der Waals surface area contributed by atoms with Crippen LogP contribution in [0.2, 0.25) is 0 Å². The van der Waals surface area contributed by atoms with Gasteiger partial charge in [-0.1, -0.05) is 20.8 Å². The lowest BCUT2D eigenvalue weighted by Crippen LogP contribution is -2.41. The zero-order valence-corrected chi connectivity index (χ0v) is 15.6. The third-order valence-corrected chi connectivity index (χ3v) is 3.62. The number of rotatable bonds is 7. The molecule has 0 bridgehead atoms. The molecule has 0 radical (unpaired) electrons. The lowest BCUT2D eigenvalue weighted by molar-refractivity contribution is -0.139. The van der Waals surface area contributed by atoms with Gasteiger partial charge in [0.25, 0.3) is 11.8 Å². The van der Waals surface area contributed by atoms with Crippen molar-refractivity contribution in [2.45, 2.75) is 59.5 Å². The average molecular weight is 348 g/mol. The normalized spacial score (nSPS) is 12.6. The second kappa shape index (κ2) is 8.65. The van der Waals surface area contributed by atoms with Gasteiger partial charge in [0.15, 0.2) is 0 Å². The molecule has 6 nitrogen and oxygen atoms in total. The van der Waals surface area contributed by atoms with Gasteiger partial charge in [0.05, 0.1) is 0 Å². The van der Waals surface area contributed by atoms with E-state index < -0.39 is 17.9 Å². The highest BCUT2D eigenvalue weighted by Crippen LogP contribution is 2.21. The maximum absolute atomic E-state index is 12.3. The summed E-state index contributed by atoms with van der Waals surface area (Å²) in [4.78, 5) is 35.5. The number of nitrogens with one attached hydrogen (secondary N) is 2. The minimum atomic E-state index is -1.05. The van der Waals surface area contributed by atoms with Crippen LogP contribution in [0.5, 0.6) is 0 Å². The van der Waals surface area contributed by atoms with Crippen molar-refractivity contribution in [1.29, 1.82) is 0 Å².